The molecular weight excluding hydrogens is 233 g/mol. The average Bonchev–Trinajstić information content (AvgIpc) is 2.26. The molecule has 3 nitrogen and oxygen atoms in total. The number of nitrogens with one attached hydrogen (secondary N) is 1. The van der Waals surface area contributed by atoms with E-state index >= 15 is 0 Å². The summed E-state index contributed by atoms with van der Waals surface area (Å²) in [5.41, 5.74) is 0.327. The lowest BCUT2D eigenvalue weighted by atomic mass is 9.88. The fourth-order valence-corrected chi connectivity index (χ4v) is 1.19. The number of carbonyl (C=O) groups excluding carboxylic acids is 1. The van der Waals surface area contributed by atoms with E-state index < -0.39 is 6.09 Å². The second-order valence-electron chi connectivity index (χ2n) is 5.40. The molecule has 1 unspecified atom stereocenters. The number of hydrogen-bond donors (Lipinski definition) is 1. The lowest BCUT2D eigenvalue weighted by molar-refractivity contribution is 0.127. The molecule has 0 aliphatic heterocycles. The van der Waals surface area contributed by atoms with Gasteiger partial charge in [-0.2, -0.15) is 0 Å². The summed E-state index contributed by atoms with van der Waals surface area (Å²) in [5, 5.41) is 2.73. The van der Waals surface area contributed by atoms with Crippen molar-refractivity contribution in [1.29, 1.82) is 0 Å². The van der Waals surface area contributed by atoms with Crippen LogP contribution in [0, 0.1) is 11.2 Å². The van der Waals surface area contributed by atoms with Crippen LogP contribution < -0.4 is 5.32 Å². The SMILES string of the molecule is CC(NC(=O)OCc1ccccc1F)C(C)(C)C. The van der Waals surface area contributed by atoms with Gasteiger partial charge in [-0.1, -0.05) is 39.0 Å². The molecule has 0 saturated carbocycles. The minimum absolute atomic E-state index is 0.0226. The summed E-state index contributed by atoms with van der Waals surface area (Å²) >= 11 is 0. The van der Waals surface area contributed by atoms with Gasteiger partial charge < -0.3 is 10.1 Å². The van der Waals surface area contributed by atoms with Gasteiger partial charge in [0.05, 0.1) is 0 Å². The Kier molecular flexibility index (Phi) is 4.70. The van der Waals surface area contributed by atoms with Crippen LogP contribution >= 0.6 is 0 Å². The van der Waals surface area contributed by atoms with Gasteiger partial charge >= 0.3 is 6.09 Å². The maximum absolute atomic E-state index is 13.3. The summed E-state index contributed by atoms with van der Waals surface area (Å²) in [6, 6.07) is 6.22. The van der Waals surface area contributed by atoms with Crippen molar-refractivity contribution in [2.45, 2.75) is 40.3 Å². The lowest BCUT2D eigenvalue weighted by Gasteiger charge is -2.27. The summed E-state index contributed by atoms with van der Waals surface area (Å²) in [6.45, 7) is 7.91. The maximum atomic E-state index is 13.3. The highest BCUT2D eigenvalue weighted by Crippen LogP contribution is 2.18. The van der Waals surface area contributed by atoms with Gasteiger partial charge in [0.15, 0.2) is 0 Å². The number of amides is 1. The first-order chi connectivity index (χ1) is 8.30. The van der Waals surface area contributed by atoms with Crippen molar-refractivity contribution in [3.05, 3.63) is 35.6 Å². The number of benzene rings is 1. The molecule has 0 aliphatic carbocycles. The van der Waals surface area contributed by atoms with E-state index in [1.54, 1.807) is 18.2 Å². The minimum Gasteiger partial charge on any atom is -0.445 e. The van der Waals surface area contributed by atoms with Gasteiger partial charge in [-0.25, -0.2) is 9.18 Å². The minimum atomic E-state index is -0.527. The molecule has 1 N–H and O–H groups in total. The van der Waals surface area contributed by atoms with Crippen LogP contribution in [0.2, 0.25) is 0 Å². The summed E-state index contributed by atoms with van der Waals surface area (Å²) in [7, 11) is 0. The van der Waals surface area contributed by atoms with Gasteiger partial charge in [0.2, 0.25) is 0 Å². The van der Waals surface area contributed by atoms with Crippen LogP contribution in [-0.2, 0) is 11.3 Å². The molecule has 0 aromatic heterocycles. The number of halogens is 1. The highest BCUT2D eigenvalue weighted by molar-refractivity contribution is 5.67. The van der Waals surface area contributed by atoms with E-state index in [1.165, 1.54) is 6.07 Å². The smallest absolute Gasteiger partial charge is 0.407 e. The van der Waals surface area contributed by atoms with Crippen molar-refractivity contribution in [1.82, 2.24) is 5.32 Å². The third-order valence-corrected chi connectivity index (χ3v) is 2.95. The number of carbonyl (C=O) groups is 1. The Bertz CT molecular complexity index is 413. The van der Waals surface area contributed by atoms with E-state index in [0.29, 0.717) is 5.56 Å². The molecule has 0 fully saturated rings. The molecule has 0 aliphatic rings. The fraction of sp³-hybridized carbons (Fsp3) is 0.500. The summed E-state index contributed by atoms with van der Waals surface area (Å²) in [6.07, 6.45) is -0.527. The average molecular weight is 253 g/mol. The Labute approximate surface area is 107 Å². The second-order valence-corrected chi connectivity index (χ2v) is 5.40. The van der Waals surface area contributed by atoms with E-state index in [9.17, 15) is 9.18 Å². The van der Waals surface area contributed by atoms with Gasteiger partial charge in [-0.05, 0) is 18.4 Å². The van der Waals surface area contributed by atoms with Gasteiger partial charge in [-0.15, -0.1) is 0 Å². The first-order valence-electron chi connectivity index (χ1n) is 5.97. The first-order valence-corrected chi connectivity index (χ1v) is 5.97. The molecule has 0 heterocycles. The van der Waals surface area contributed by atoms with Crippen LogP contribution in [0.1, 0.15) is 33.3 Å². The Hall–Kier alpha value is -1.58. The van der Waals surface area contributed by atoms with Crippen LogP contribution in [0.5, 0.6) is 0 Å². The largest absolute Gasteiger partial charge is 0.445 e. The Morgan fingerprint density at radius 3 is 2.56 bits per heavy atom. The molecule has 0 bridgehead atoms. The van der Waals surface area contributed by atoms with Crippen molar-refractivity contribution in [3.63, 3.8) is 0 Å². The molecule has 1 amide bonds. The topological polar surface area (TPSA) is 38.3 Å². The van der Waals surface area contributed by atoms with Crippen LogP contribution in [-0.4, -0.2) is 12.1 Å². The highest BCUT2D eigenvalue weighted by atomic mass is 19.1. The summed E-state index contributed by atoms with van der Waals surface area (Å²) in [5.74, 6) is -0.367. The van der Waals surface area contributed by atoms with Crippen molar-refractivity contribution in [2.75, 3.05) is 0 Å². The predicted octanol–water partition coefficient (Wildman–Crippen LogP) is 3.49. The molecule has 0 spiro atoms. The molecule has 1 atom stereocenters. The van der Waals surface area contributed by atoms with E-state index in [-0.39, 0.29) is 23.9 Å². The number of hydrogen-bond acceptors (Lipinski definition) is 2. The Morgan fingerprint density at radius 1 is 1.39 bits per heavy atom. The molecule has 0 radical (unpaired) electrons. The molecule has 1 aromatic carbocycles. The highest BCUT2D eigenvalue weighted by Gasteiger charge is 2.22. The molecular formula is C14H20FNO2. The summed E-state index contributed by atoms with van der Waals surface area (Å²) in [4.78, 5) is 11.5. The molecule has 100 valence electrons. The van der Waals surface area contributed by atoms with E-state index in [2.05, 4.69) is 5.32 Å². The normalized spacial score (nSPS) is 12.9. The fourth-order valence-electron chi connectivity index (χ4n) is 1.19. The van der Waals surface area contributed by atoms with Crippen molar-refractivity contribution in [2.24, 2.45) is 5.41 Å². The number of ether oxygens (including phenoxy) is 1. The van der Waals surface area contributed by atoms with E-state index in [0.717, 1.165) is 0 Å². The lowest BCUT2D eigenvalue weighted by Crippen LogP contribution is -2.41. The molecule has 0 saturated heterocycles. The Balaban J connectivity index is 2.45. The Morgan fingerprint density at radius 2 is 2.00 bits per heavy atom. The summed E-state index contributed by atoms with van der Waals surface area (Å²) < 4.78 is 18.3. The zero-order valence-electron chi connectivity index (χ0n) is 11.3. The molecule has 18 heavy (non-hydrogen) atoms. The molecule has 1 aromatic rings. The monoisotopic (exact) mass is 253 g/mol. The quantitative estimate of drug-likeness (QED) is 0.895. The number of rotatable bonds is 3. The van der Waals surface area contributed by atoms with Crippen LogP contribution in [0.3, 0.4) is 0 Å². The second kappa shape index (κ2) is 5.85. The van der Waals surface area contributed by atoms with Crippen LogP contribution in [0.25, 0.3) is 0 Å². The van der Waals surface area contributed by atoms with E-state index in [4.69, 9.17) is 4.74 Å². The molecule has 4 heteroatoms. The van der Waals surface area contributed by atoms with Gasteiger partial charge in [0.25, 0.3) is 0 Å². The third kappa shape index (κ3) is 4.35. The van der Waals surface area contributed by atoms with Crippen molar-refractivity contribution < 1.29 is 13.9 Å². The molecule has 1 rings (SSSR count). The maximum Gasteiger partial charge on any atom is 0.407 e. The zero-order valence-corrected chi connectivity index (χ0v) is 11.3. The van der Waals surface area contributed by atoms with Gasteiger partial charge in [0.1, 0.15) is 12.4 Å². The van der Waals surface area contributed by atoms with Crippen LogP contribution in [0.4, 0.5) is 9.18 Å². The van der Waals surface area contributed by atoms with Gasteiger partial charge in [0, 0.05) is 11.6 Å². The number of alkyl carbamates (subject to hydrolysis) is 1. The first kappa shape index (κ1) is 14.5. The van der Waals surface area contributed by atoms with Gasteiger partial charge in [-0.3, -0.25) is 0 Å². The predicted molar refractivity (Wildman–Crippen MR) is 68.6 cm³/mol. The van der Waals surface area contributed by atoms with Crippen LogP contribution in [0.15, 0.2) is 24.3 Å². The van der Waals surface area contributed by atoms with E-state index in [1.807, 2.05) is 27.7 Å². The van der Waals surface area contributed by atoms with Crippen molar-refractivity contribution in [3.8, 4) is 0 Å². The standard InChI is InChI=1S/C14H20FNO2/c1-10(14(2,3)4)16-13(17)18-9-11-7-5-6-8-12(11)15/h5-8,10H,9H2,1-4H3,(H,16,17). The zero-order chi connectivity index (χ0) is 13.8. The van der Waals surface area contributed by atoms with Crippen molar-refractivity contribution >= 4 is 6.09 Å². The third-order valence-electron chi connectivity index (χ3n) is 2.95.